The number of carbonyl (C=O) groups is 2. The number of hydrogen-bond acceptors (Lipinski definition) is 3. The molecule has 2 N–H and O–H groups in total. The van der Waals surface area contributed by atoms with E-state index in [1.165, 1.54) is 0 Å². The minimum atomic E-state index is -0.830. The zero-order chi connectivity index (χ0) is 14.0. The monoisotopic (exact) mass is 284 g/mol. The maximum Gasteiger partial charge on any atom is 0.317 e. The van der Waals surface area contributed by atoms with Crippen LogP contribution in [0.5, 0.6) is 0 Å². The van der Waals surface area contributed by atoms with E-state index in [1.54, 1.807) is 12.2 Å². The number of amides is 2. The summed E-state index contributed by atoms with van der Waals surface area (Å²) in [6.07, 6.45) is 3.89. The molecule has 0 spiro atoms. The lowest BCUT2D eigenvalue weighted by atomic mass is 10.1. The van der Waals surface area contributed by atoms with E-state index in [-0.39, 0.29) is 16.8 Å². The smallest absolute Gasteiger partial charge is 0.317 e. The Balaban J connectivity index is 1.85. The number of carboxylic acids is 1. The molecule has 2 unspecified atom stereocenters. The molecule has 1 saturated heterocycles. The fourth-order valence-electron chi connectivity index (χ4n) is 2.43. The van der Waals surface area contributed by atoms with E-state index in [1.807, 2.05) is 16.7 Å². The molecule has 2 rings (SSSR count). The lowest BCUT2D eigenvalue weighted by molar-refractivity contribution is -0.140. The Morgan fingerprint density at radius 3 is 2.74 bits per heavy atom. The van der Waals surface area contributed by atoms with Gasteiger partial charge in [0.1, 0.15) is 0 Å². The average Bonchev–Trinajstić information content (AvgIpc) is 2.76. The van der Waals surface area contributed by atoms with Crippen molar-refractivity contribution < 1.29 is 14.7 Å². The van der Waals surface area contributed by atoms with Gasteiger partial charge in [-0.05, 0) is 20.3 Å². The molecule has 1 aliphatic carbocycles. The number of carboxylic acid groups (broad SMARTS) is 1. The molecule has 2 aliphatic rings. The van der Waals surface area contributed by atoms with Gasteiger partial charge in [0, 0.05) is 23.6 Å². The molecule has 0 aromatic rings. The highest BCUT2D eigenvalue weighted by atomic mass is 32.2. The number of urea groups is 1. The Bertz CT molecular complexity index is 409. The molecule has 6 heteroatoms. The Labute approximate surface area is 117 Å². The summed E-state index contributed by atoms with van der Waals surface area (Å²) in [7, 11) is 0. The highest BCUT2D eigenvalue weighted by Crippen LogP contribution is 2.29. The second kappa shape index (κ2) is 5.45. The van der Waals surface area contributed by atoms with Crippen molar-refractivity contribution in [3.8, 4) is 0 Å². The number of hydrogen-bond donors (Lipinski definition) is 2. The van der Waals surface area contributed by atoms with Gasteiger partial charge >= 0.3 is 12.0 Å². The van der Waals surface area contributed by atoms with E-state index in [9.17, 15) is 9.59 Å². The van der Waals surface area contributed by atoms with Crippen LogP contribution in [0.4, 0.5) is 4.79 Å². The summed E-state index contributed by atoms with van der Waals surface area (Å²) in [6, 6.07) is -0.250. The van der Waals surface area contributed by atoms with Gasteiger partial charge in [0.15, 0.2) is 0 Å². The minimum absolute atomic E-state index is 0.0880. The predicted molar refractivity (Wildman–Crippen MR) is 75.3 cm³/mol. The average molecular weight is 284 g/mol. The van der Waals surface area contributed by atoms with Crippen LogP contribution in [0.1, 0.15) is 20.3 Å². The first-order valence-corrected chi connectivity index (χ1v) is 7.46. The van der Waals surface area contributed by atoms with Crippen LogP contribution in [0.2, 0.25) is 0 Å². The highest BCUT2D eigenvalue weighted by Gasteiger charge is 2.31. The molecule has 1 fully saturated rings. The molecule has 1 aliphatic heterocycles. The van der Waals surface area contributed by atoms with Crippen molar-refractivity contribution >= 4 is 23.8 Å². The topological polar surface area (TPSA) is 69.6 Å². The molecule has 5 nitrogen and oxygen atoms in total. The van der Waals surface area contributed by atoms with E-state index in [4.69, 9.17) is 5.11 Å². The Hall–Kier alpha value is -1.17. The lowest BCUT2D eigenvalue weighted by Gasteiger charge is -2.37. The van der Waals surface area contributed by atoms with Gasteiger partial charge in [0.05, 0.1) is 12.0 Å². The van der Waals surface area contributed by atoms with Crippen molar-refractivity contribution in [3.05, 3.63) is 12.2 Å². The second-order valence-corrected chi connectivity index (χ2v) is 7.45. The van der Waals surface area contributed by atoms with Crippen LogP contribution in [0.25, 0.3) is 0 Å². The van der Waals surface area contributed by atoms with Crippen LogP contribution in [0.3, 0.4) is 0 Å². The zero-order valence-corrected chi connectivity index (χ0v) is 12.1. The molecule has 19 heavy (non-hydrogen) atoms. The maximum atomic E-state index is 12.1. The first-order valence-electron chi connectivity index (χ1n) is 6.48. The van der Waals surface area contributed by atoms with Gasteiger partial charge in [-0.25, -0.2) is 4.79 Å². The van der Waals surface area contributed by atoms with Gasteiger partial charge in [0.2, 0.25) is 0 Å². The zero-order valence-electron chi connectivity index (χ0n) is 11.3. The third kappa shape index (κ3) is 3.65. The van der Waals surface area contributed by atoms with E-state index < -0.39 is 11.9 Å². The SMILES string of the molecule is CC1(C)CN(C(=O)NC2C=CC(C(=O)O)C2)CCS1. The van der Waals surface area contributed by atoms with Crippen molar-refractivity contribution in [2.24, 2.45) is 5.92 Å². The summed E-state index contributed by atoms with van der Waals surface area (Å²) in [5.41, 5.74) is 0. The normalized spacial score (nSPS) is 29.3. The molecular formula is C13H20N2O3S. The molecular weight excluding hydrogens is 264 g/mol. The summed E-state index contributed by atoms with van der Waals surface area (Å²) in [5.74, 6) is -0.360. The standard InChI is InChI=1S/C13H20N2O3S/c1-13(2)8-15(5-6-19-13)12(18)14-10-4-3-9(7-10)11(16)17/h3-4,9-10H,5-8H2,1-2H3,(H,14,18)(H,16,17). The van der Waals surface area contributed by atoms with Crippen LogP contribution >= 0.6 is 11.8 Å². The van der Waals surface area contributed by atoms with E-state index >= 15 is 0 Å². The van der Waals surface area contributed by atoms with Crippen LogP contribution < -0.4 is 5.32 Å². The summed E-state index contributed by atoms with van der Waals surface area (Å²) in [4.78, 5) is 24.8. The van der Waals surface area contributed by atoms with Crippen LogP contribution in [0, 0.1) is 5.92 Å². The first kappa shape index (κ1) is 14.2. The summed E-state index contributed by atoms with van der Waals surface area (Å²) < 4.78 is 0.0880. The fraction of sp³-hybridized carbons (Fsp3) is 0.692. The molecule has 106 valence electrons. The summed E-state index contributed by atoms with van der Waals surface area (Å²) in [6.45, 7) is 5.74. The molecule has 0 aromatic heterocycles. The van der Waals surface area contributed by atoms with Crippen molar-refractivity contribution in [1.29, 1.82) is 0 Å². The van der Waals surface area contributed by atoms with Gasteiger partial charge in [-0.1, -0.05) is 12.2 Å². The number of carbonyl (C=O) groups excluding carboxylic acids is 1. The second-order valence-electron chi connectivity index (χ2n) is 5.65. The van der Waals surface area contributed by atoms with Crippen LogP contribution in [-0.4, -0.2) is 51.6 Å². The van der Waals surface area contributed by atoms with Gasteiger partial charge < -0.3 is 15.3 Å². The molecule has 2 atom stereocenters. The molecule has 0 saturated carbocycles. The minimum Gasteiger partial charge on any atom is -0.481 e. The van der Waals surface area contributed by atoms with Gasteiger partial charge in [0.25, 0.3) is 0 Å². The Morgan fingerprint density at radius 2 is 2.16 bits per heavy atom. The first-order chi connectivity index (χ1) is 8.87. The molecule has 0 radical (unpaired) electrons. The van der Waals surface area contributed by atoms with E-state index in [0.29, 0.717) is 6.42 Å². The number of nitrogens with zero attached hydrogens (tertiary/aromatic N) is 1. The number of aliphatic carboxylic acids is 1. The summed E-state index contributed by atoms with van der Waals surface area (Å²) in [5, 5.41) is 11.8. The molecule has 2 amide bonds. The van der Waals surface area contributed by atoms with Gasteiger partial charge in [-0.3, -0.25) is 4.79 Å². The lowest BCUT2D eigenvalue weighted by Crippen LogP contribution is -2.51. The third-order valence-electron chi connectivity index (χ3n) is 3.42. The Kier molecular flexibility index (Phi) is 4.08. The summed E-state index contributed by atoms with van der Waals surface area (Å²) >= 11 is 1.88. The van der Waals surface area contributed by atoms with Crippen LogP contribution in [-0.2, 0) is 4.79 Å². The number of nitrogens with one attached hydrogen (secondary N) is 1. The quantitative estimate of drug-likeness (QED) is 0.755. The van der Waals surface area contributed by atoms with E-state index in [2.05, 4.69) is 19.2 Å². The Morgan fingerprint density at radius 1 is 1.42 bits per heavy atom. The maximum absolute atomic E-state index is 12.1. The highest BCUT2D eigenvalue weighted by molar-refractivity contribution is 8.00. The van der Waals surface area contributed by atoms with Gasteiger partial charge in [-0.2, -0.15) is 11.8 Å². The largest absolute Gasteiger partial charge is 0.481 e. The van der Waals surface area contributed by atoms with Gasteiger partial charge in [-0.15, -0.1) is 0 Å². The molecule has 0 bridgehead atoms. The van der Waals surface area contributed by atoms with Crippen molar-refractivity contribution in [2.75, 3.05) is 18.8 Å². The molecule has 0 aromatic carbocycles. The molecule has 1 heterocycles. The van der Waals surface area contributed by atoms with E-state index in [0.717, 1.165) is 18.8 Å². The number of thioether (sulfide) groups is 1. The number of rotatable bonds is 2. The third-order valence-corrected chi connectivity index (χ3v) is 4.72. The van der Waals surface area contributed by atoms with Crippen molar-refractivity contribution in [3.63, 3.8) is 0 Å². The van der Waals surface area contributed by atoms with Crippen LogP contribution in [0.15, 0.2) is 12.2 Å². The predicted octanol–water partition coefficient (Wildman–Crippen LogP) is 1.55. The van der Waals surface area contributed by atoms with Crippen molar-refractivity contribution in [2.45, 2.75) is 31.1 Å². The fourth-order valence-corrected chi connectivity index (χ4v) is 3.54. The van der Waals surface area contributed by atoms with Crippen molar-refractivity contribution in [1.82, 2.24) is 10.2 Å².